The maximum atomic E-state index is 13.1. The van der Waals surface area contributed by atoms with Gasteiger partial charge in [-0.3, -0.25) is 9.78 Å². The Bertz CT molecular complexity index is 793. The van der Waals surface area contributed by atoms with Crippen LogP contribution in [0, 0.1) is 0 Å². The molecule has 1 aliphatic carbocycles. The van der Waals surface area contributed by atoms with Crippen LogP contribution in [0.2, 0.25) is 0 Å². The number of nitrogens with zero attached hydrogens (tertiary/aromatic N) is 1. The number of amides is 1. The Morgan fingerprint density at radius 1 is 1.19 bits per heavy atom. The summed E-state index contributed by atoms with van der Waals surface area (Å²) >= 11 is 0. The number of carbonyl (C=O) groups excluding carboxylic acids is 1. The molecule has 0 radical (unpaired) electrons. The normalized spacial score (nSPS) is 17.4. The summed E-state index contributed by atoms with van der Waals surface area (Å²) in [4.78, 5) is 15.4. The molecule has 144 valence electrons. The number of carbonyl (C=O) groups is 1. The van der Waals surface area contributed by atoms with Gasteiger partial charge in [0.1, 0.15) is 12.8 Å². The van der Waals surface area contributed by atoms with E-state index in [9.17, 15) is 23.1 Å². The highest BCUT2D eigenvalue weighted by molar-refractivity contribution is 5.79. The third-order valence-electron chi connectivity index (χ3n) is 4.72. The largest absolute Gasteiger partial charge is 0.386 e. The molecule has 1 aromatic carbocycles. The minimum absolute atomic E-state index is 0.305. The molecule has 0 spiro atoms. The molecule has 0 saturated heterocycles. The molecule has 4 N–H and O–H groups in total. The van der Waals surface area contributed by atoms with Crippen molar-refractivity contribution < 1.29 is 23.1 Å². The predicted octanol–water partition coefficient (Wildman–Crippen LogP) is 2.45. The van der Waals surface area contributed by atoms with Crippen LogP contribution in [0.25, 0.3) is 11.1 Å². The van der Waals surface area contributed by atoms with Crippen molar-refractivity contribution in [2.75, 3.05) is 6.67 Å². The summed E-state index contributed by atoms with van der Waals surface area (Å²) in [5.41, 5.74) is 8.61. The van der Waals surface area contributed by atoms with Crippen LogP contribution in [-0.4, -0.2) is 35.1 Å². The Morgan fingerprint density at radius 3 is 2.30 bits per heavy atom. The van der Waals surface area contributed by atoms with Gasteiger partial charge in [-0.25, -0.2) is 4.39 Å². The molecule has 2 aromatic rings. The molecule has 8 heteroatoms. The zero-order chi connectivity index (χ0) is 19.6. The van der Waals surface area contributed by atoms with Gasteiger partial charge in [-0.2, -0.15) is 8.78 Å². The Morgan fingerprint density at radius 2 is 1.81 bits per heavy atom. The van der Waals surface area contributed by atoms with Crippen molar-refractivity contribution in [3.8, 4) is 11.1 Å². The number of alkyl halides is 3. The molecule has 1 aliphatic rings. The molecule has 1 fully saturated rings. The van der Waals surface area contributed by atoms with Gasteiger partial charge in [0.25, 0.3) is 5.91 Å². The third-order valence-corrected chi connectivity index (χ3v) is 4.72. The fraction of sp³-hybridized carbons (Fsp3) is 0.368. The topological polar surface area (TPSA) is 88.2 Å². The summed E-state index contributed by atoms with van der Waals surface area (Å²) in [7, 11) is 0. The average molecular weight is 379 g/mol. The average Bonchev–Trinajstić information content (AvgIpc) is 3.44. The Balaban J connectivity index is 1.71. The van der Waals surface area contributed by atoms with Crippen molar-refractivity contribution in [2.24, 2.45) is 5.73 Å². The molecule has 1 saturated carbocycles. The van der Waals surface area contributed by atoms with Crippen LogP contribution in [0.5, 0.6) is 0 Å². The fourth-order valence-corrected chi connectivity index (χ4v) is 2.80. The summed E-state index contributed by atoms with van der Waals surface area (Å²) in [6, 6.07) is 8.84. The molecule has 27 heavy (non-hydrogen) atoms. The minimum atomic E-state index is -3.27. The van der Waals surface area contributed by atoms with Crippen molar-refractivity contribution in [2.45, 2.75) is 37.0 Å². The number of hydrogen-bond acceptors (Lipinski definition) is 4. The van der Waals surface area contributed by atoms with Gasteiger partial charge in [-0.1, -0.05) is 30.3 Å². The van der Waals surface area contributed by atoms with Gasteiger partial charge in [0.05, 0.1) is 17.3 Å². The lowest BCUT2D eigenvalue weighted by Crippen LogP contribution is -2.43. The molecular weight excluding hydrogens is 359 g/mol. The predicted molar refractivity (Wildman–Crippen MR) is 93.6 cm³/mol. The number of pyridine rings is 1. The SMILES string of the molecule is NC1(c2ccc(-c3ccc([C@@H](O)[C@@H](CF)NC(=O)C(F)F)cc3)cn2)CC1. The minimum Gasteiger partial charge on any atom is -0.386 e. The summed E-state index contributed by atoms with van der Waals surface area (Å²) in [5, 5.41) is 12.0. The molecule has 5 nitrogen and oxygen atoms in total. The number of nitrogens with two attached hydrogens (primary N) is 1. The molecule has 3 rings (SSSR count). The van der Waals surface area contributed by atoms with Crippen molar-refractivity contribution >= 4 is 5.91 Å². The second-order valence-corrected chi connectivity index (χ2v) is 6.73. The molecule has 1 amide bonds. The first-order valence-electron chi connectivity index (χ1n) is 8.52. The molecule has 0 unspecified atom stereocenters. The van der Waals surface area contributed by atoms with Gasteiger partial charge >= 0.3 is 6.43 Å². The highest BCUT2D eigenvalue weighted by Crippen LogP contribution is 2.41. The van der Waals surface area contributed by atoms with E-state index in [1.807, 2.05) is 12.1 Å². The lowest BCUT2D eigenvalue weighted by molar-refractivity contribution is -0.133. The summed E-state index contributed by atoms with van der Waals surface area (Å²) in [6.07, 6.45) is -1.17. The molecule has 1 heterocycles. The Hall–Kier alpha value is -2.45. The monoisotopic (exact) mass is 379 g/mol. The van der Waals surface area contributed by atoms with Crippen molar-refractivity contribution in [3.05, 3.63) is 53.9 Å². The molecule has 2 atom stereocenters. The van der Waals surface area contributed by atoms with Gasteiger partial charge in [0.15, 0.2) is 0 Å². The quantitative estimate of drug-likeness (QED) is 0.690. The first-order valence-corrected chi connectivity index (χ1v) is 8.52. The maximum Gasteiger partial charge on any atom is 0.315 e. The molecule has 0 aliphatic heterocycles. The number of aromatic nitrogens is 1. The summed E-state index contributed by atoms with van der Waals surface area (Å²) in [5.74, 6) is -1.62. The zero-order valence-corrected chi connectivity index (χ0v) is 14.4. The van der Waals surface area contributed by atoms with Crippen molar-refractivity contribution in [3.63, 3.8) is 0 Å². The second-order valence-electron chi connectivity index (χ2n) is 6.73. The number of rotatable bonds is 7. The van der Waals surface area contributed by atoms with E-state index in [1.54, 1.807) is 35.8 Å². The van der Waals surface area contributed by atoms with Crippen LogP contribution >= 0.6 is 0 Å². The van der Waals surface area contributed by atoms with Crippen LogP contribution in [-0.2, 0) is 10.3 Å². The number of aliphatic hydroxyl groups is 1. The van der Waals surface area contributed by atoms with E-state index in [0.717, 1.165) is 29.7 Å². The standard InChI is InChI=1S/C19H20F3N3O2/c20-9-14(25-18(27)17(21)22)16(26)12-3-1-11(2-4-12)13-5-6-15(24-10-13)19(23)7-8-19/h1-6,10,14,16-17,26H,7-9,23H2,(H,25,27)/t14-,16-/m1/s1. The van der Waals surface area contributed by atoms with E-state index in [2.05, 4.69) is 4.98 Å². The first kappa shape index (κ1) is 19.3. The number of halogens is 3. The number of aliphatic hydroxyl groups excluding tert-OH is 1. The van der Waals surface area contributed by atoms with Crippen LogP contribution in [0.4, 0.5) is 13.2 Å². The second kappa shape index (κ2) is 7.66. The van der Waals surface area contributed by atoms with E-state index in [-0.39, 0.29) is 5.54 Å². The van der Waals surface area contributed by atoms with Gasteiger partial charge in [-0.15, -0.1) is 0 Å². The van der Waals surface area contributed by atoms with Gasteiger partial charge in [0, 0.05) is 11.8 Å². The van der Waals surface area contributed by atoms with E-state index < -0.39 is 31.2 Å². The van der Waals surface area contributed by atoms with E-state index >= 15 is 0 Å². The number of hydrogen-bond donors (Lipinski definition) is 3. The van der Waals surface area contributed by atoms with E-state index in [4.69, 9.17) is 5.73 Å². The van der Waals surface area contributed by atoms with Gasteiger partial charge < -0.3 is 16.2 Å². The lowest BCUT2D eigenvalue weighted by Gasteiger charge is -2.22. The maximum absolute atomic E-state index is 13.1. The molecular formula is C19H20F3N3O2. The smallest absolute Gasteiger partial charge is 0.315 e. The lowest BCUT2D eigenvalue weighted by atomic mass is 9.99. The van der Waals surface area contributed by atoms with Crippen molar-refractivity contribution in [1.82, 2.24) is 10.3 Å². The third kappa shape index (κ3) is 4.28. The highest BCUT2D eigenvalue weighted by atomic mass is 19.3. The van der Waals surface area contributed by atoms with Crippen molar-refractivity contribution in [1.29, 1.82) is 0 Å². The summed E-state index contributed by atoms with van der Waals surface area (Å²) < 4.78 is 37.7. The van der Waals surface area contributed by atoms with Crippen LogP contribution in [0.15, 0.2) is 42.6 Å². The van der Waals surface area contributed by atoms with E-state index in [1.165, 1.54) is 0 Å². The highest BCUT2D eigenvalue weighted by Gasteiger charge is 2.41. The van der Waals surface area contributed by atoms with E-state index in [0.29, 0.717) is 5.56 Å². The van der Waals surface area contributed by atoms with Gasteiger partial charge in [-0.05, 0) is 30.0 Å². The van der Waals surface area contributed by atoms with Crippen LogP contribution < -0.4 is 11.1 Å². The van der Waals surface area contributed by atoms with Gasteiger partial charge in [0.2, 0.25) is 0 Å². The Labute approximate surface area is 154 Å². The summed E-state index contributed by atoms with van der Waals surface area (Å²) in [6.45, 7) is -1.17. The molecule has 1 aromatic heterocycles. The Kier molecular flexibility index (Phi) is 5.48. The fourth-order valence-electron chi connectivity index (χ4n) is 2.80. The van der Waals surface area contributed by atoms with Crippen LogP contribution in [0.3, 0.4) is 0 Å². The number of benzene rings is 1. The van der Waals surface area contributed by atoms with Crippen LogP contribution in [0.1, 0.15) is 30.2 Å². The molecule has 0 bridgehead atoms. The first-order chi connectivity index (χ1) is 12.8. The number of nitrogens with one attached hydrogen (secondary N) is 1. The zero-order valence-electron chi connectivity index (χ0n) is 14.4.